The van der Waals surface area contributed by atoms with Gasteiger partial charge in [-0.15, -0.1) is 0 Å². The molecule has 0 fully saturated rings. The molecule has 0 saturated carbocycles. The molecule has 1 aliphatic carbocycles. The van der Waals surface area contributed by atoms with Crippen LogP contribution in [0.15, 0.2) is 24.3 Å². The zero-order valence-electron chi connectivity index (χ0n) is 9.28. The summed E-state index contributed by atoms with van der Waals surface area (Å²) in [5.41, 5.74) is 9.06. The Morgan fingerprint density at radius 2 is 2.27 bits per heavy atom. The number of ether oxygens (including phenoxy) is 1. The van der Waals surface area contributed by atoms with Gasteiger partial charge in [0.1, 0.15) is 0 Å². The molecule has 1 aromatic carbocycles. The summed E-state index contributed by atoms with van der Waals surface area (Å²) in [7, 11) is 1.72. The summed E-state index contributed by atoms with van der Waals surface area (Å²) in [5, 5.41) is 0. The SMILES string of the molecule is COCC(N)C1CCCc2ccccc21. The van der Waals surface area contributed by atoms with Gasteiger partial charge in [0, 0.05) is 19.1 Å². The highest BCUT2D eigenvalue weighted by Crippen LogP contribution is 2.33. The van der Waals surface area contributed by atoms with Gasteiger partial charge < -0.3 is 10.5 Å². The van der Waals surface area contributed by atoms with Gasteiger partial charge in [-0.3, -0.25) is 0 Å². The van der Waals surface area contributed by atoms with Crippen LogP contribution in [0.1, 0.15) is 29.9 Å². The van der Waals surface area contributed by atoms with Crippen molar-refractivity contribution >= 4 is 0 Å². The minimum absolute atomic E-state index is 0.136. The Labute approximate surface area is 91.4 Å². The lowest BCUT2D eigenvalue weighted by molar-refractivity contribution is 0.167. The average molecular weight is 205 g/mol. The van der Waals surface area contributed by atoms with Gasteiger partial charge in [0.05, 0.1) is 6.61 Å². The van der Waals surface area contributed by atoms with Gasteiger partial charge in [-0.25, -0.2) is 0 Å². The summed E-state index contributed by atoms with van der Waals surface area (Å²) in [6.07, 6.45) is 3.65. The van der Waals surface area contributed by atoms with Crippen LogP contribution in [-0.4, -0.2) is 19.8 Å². The Morgan fingerprint density at radius 1 is 1.47 bits per heavy atom. The number of methoxy groups -OCH3 is 1. The predicted octanol–water partition coefficient (Wildman–Crippen LogP) is 2.08. The van der Waals surface area contributed by atoms with E-state index in [1.165, 1.54) is 30.4 Å². The molecule has 0 bridgehead atoms. The van der Waals surface area contributed by atoms with E-state index in [4.69, 9.17) is 10.5 Å². The van der Waals surface area contributed by atoms with Crippen molar-refractivity contribution in [1.82, 2.24) is 0 Å². The normalized spacial score (nSPS) is 22.1. The first-order valence-electron chi connectivity index (χ1n) is 5.65. The number of aryl methyl sites for hydroxylation is 1. The van der Waals surface area contributed by atoms with E-state index in [1.54, 1.807) is 7.11 Å². The largest absolute Gasteiger partial charge is 0.383 e. The van der Waals surface area contributed by atoms with Gasteiger partial charge in [-0.05, 0) is 30.4 Å². The lowest BCUT2D eigenvalue weighted by atomic mass is 9.79. The van der Waals surface area contributed by atoms with Crippen molar-refractivity contribution < 1.29 is 4.74 Å². The minimum Gasteiger partial charge on any atom is -0.383 e. The predicted molar refractivity (Wildman–Crippen MR) is 62.0 cm³/mol. The van der Waals surface area contributed by atoms with Crippen LogP contribution in [0.2, 0.25) is 0 Å². The molecule has 0 radical (unpaired) electrons. The maximum atomic E-state index is 6.15. The third-order valence-electron chi connectivity index (χ3n) is 3.29. The highest BCUT2D eigenvalue weighted by atomic mass is 16.5. The number of fused-ring (bicyclic) bond motifs is 1. The molecule has 1 aliphatic rings. The molecule has 0 amide bonds. The molecule has 15 heavy (non-hydrogen) atoms. The summed E-state index contributed by atoms with van der Waals surface area (Å²) in [6, 6.07) is 8.80. The van der Waals surface area contributed by atoms with E-state index in [-0.39, 0.29) is 6.04 Å². The van der Waals surface area contributed by atoms with Crippen LogP contribution in [0.25, 0.3) is 0 Å². The summed E-state index contributed by atoms with van der Waals surface area (Å²) in [5.74, 6) is 0.481. The molecule has 0 spiro atoms. The Hall–Kier alpha value is -0.860. The highest BCUT2D eigenvalue weighted by Gasteiger charge is 2.24. The number of rotatable bonds is 3. The molecule has 2 unspecified atom stereocenters. The first-order chi connectivity index (χ1) is 7.33. The Balaban J connectivity index is 2.21. The number of nitrogens with two attached hydrogens (primary N) is 1. The fourth-order valence-corrected chi connectivity index (χ4v) is 2.54. The second-order valence-electron chi connectivity index (χ2n) is 4.32. The molecule has 2 heteroatoms. The highest BCUT2D eigenvalue weighted by molar-refractivity contribution is 5.33. The lowest BCUT2D eigenvalue weighted by Crippen LogP contribution is -2.34. The van der Waals surface area contributed by atoms with E-state index < -0.39 is 0 Å². The standard InChI is InChI=1S/C13H19NO/c1-15-9-13(14)12-8-4-6-10-5-2-3-7-11(10)12/h2-3,5,7,12-13H,4,6,8-9,14H2,1H3. The van der Waals surface area contributed by atoms with E-state index in [9.17, 15) is 0 Å². The van der Waals surface area contributed by atoms with Crippen LogP contribution in [0.5, 0.6) is 0 Å². The average Bonchev–Trinajstić information content (AvgIpc) is 2.28. The van der Waals surface area contributed by atoms with Crippen molar-refractivity contribution in [3.8, 4) is 0 Å². The molecule has 0 heterocycles. The topological polar surface area (TPSA) is 35.2 Å². The summed E-state index contributed by atoms with van der Waals surface area (Å²) in [6.45, 7) is 0.652. The molecule has 0 saturated heterocycles. The molecule has 1 aromatic rings. The molecule has 2 N–H and O–H groups in total. The van der Waals surface area contributed by atoms with E-state index in [0.29, 0.717) is 12.5 Å². The Morgan fingerprint density at radius 3 is 3.07 bits per heavy atom. The quantitative estimate of drug-likeness (QED) is 0.820. The van der Waals surface area contributed by atoms with Crippen LogP contribution < -0.4 is 5.73 Å². The van der Waals surface area contributed by atoms with Crippen molar-refractivity contribution in [2.75, 3.05) is 13.7 Å². The first kappa shape index (κ1) is 10.7. The Kier molecular flexibility index (Phi) is 3.39. The third kappa shape index (κ3) is 2.21. The fraction of sp³-hybridized carbons (Fsp3) is 0.538. The maximum absolute atomic E-state index is 6.15. The van der Waals surface area contributed by atoms with Gasteiger partial charge >= 0.3 is 0 Å². The number of hydrogen-bond acceptors (Lipinski definition) is 2. The third-order valence-corrected chi connectivity index (χ3v) is 3.29. The van der Waals surface area contributed by atoms with Gasteiger partial charge in [0.2, 0.25) is 0 Å². The molecular formula is C13H19NO. The van der Waals surface area contributed by atoms with Crippen LogP contribution in [0.4, 0.5) is 0 Å². The number of hydrogen-bond donors (Lipinski definition) is 1. The van der Waals surface area contributed by atoms with Crippen molar-refractivity contribution in [1.29, 1.82) is 0 Å². The summed E-state index contributed by atoms with van der Waals surface area (Å²) in [4.78, 5) is 0. The van der Waals surface area contributed by atoms with Crippen LogP contribution in [0.3, 0.4) is 0 Å². The molecule has 2 atom stereocenters. The molecule has 2 rings (SSSR count). The van der Waals surface area contributed by atoms with Crippen molar-refractivity contribution in [2.45, 2.75) is 31.2 Å². The monoisotopic (exact) mass is 205 g/mol. The maximum Gasteiger partial charge on any atom is 0.0619 e. The van der Waals surface area contributed by atoms with E-state index in [2.05, 4.69) is 24.3 Å². The Bertz CT molecular complexity index is 324. The molecule has 2 nitrogen and oxygen atoms in total. The van der Waals surface area contributed by atoms with Crippen molar-refractivity contribution in [2.24, 2.45) is 5.73 Å². The van der Waals surface area contributed by atoms with E-state index in [0.717, 1.165) is 0 Å². The molecule has 0 aromatic heterocycles. The van der Waals surface area contributed by atoms with Crippen LogP contribution >= 0.6 is 0 Å². The molecular weight excluding hydrogens is 186 g/mol. The number of benzene rings is 1. The smallest absolute Gasteiger partial charge is 0.0619 e. The van der Waals surface area contributed by atoms with Crippen LogP contribution in [0, 0.1) is 0 Å². The lowest BCUT2D eigenvalue weighted by Gasteiger charge is -2.29. The minimum atomic E-state index is 0.136. The molecule has 82 valence electrons. The summed E-state index contributed by atoms with van der Waals surface area (Å²) < 4.78 is 5.15. The van der Waals surface area contributed by atoms with Gasteiger partial charge in [-0.1, -0.05) is 24.3 Å². The summed E-state index contributed by atoms with van der Waals surface area (Å²) >= 11 is 0. The van der Waals surface area contributed by atoms with E-state index >= 15 is 0 Å². The van der Waals surface area contributed by atoms with Crippen molar-refractivity contribution in [3.63, 3.8) is 0 Å². The van der Waals surface area contributed by atoms with Gasteiger partial charge in [0.25, 0.3) is 0 Å². The fourth-order valence-electron chi connectivity index (χ4n) is 2.54. The zero-order valence-corrected chi connectivity index (χ0v) is 9.28. The van der Waals surface area contributed by atoms with Crippen LogP contribution in [-0.2, 0) is 11.2 Å². The van der Waals surface area contributed by atoms with Gasteiger partial charge in [-0.2, -0.15) is 0 Å². The van der Waals surface area contributed by atoms with Crippen molar-refractivity contribution in [3.05, 3.63) is 35.4 Å². The second kappa shape index (κ2) is 4.77. The van der Waals surface area contributed by atoms with E-state index in [1.807, 2.05) is 0 Å². The second-order valence-corrected chi connectivity index (χ2v) is 4.32. The molecule has 0 aliphatic heterocycles. The first-order valence-corrected chi connectivity index (χ1v) is 5.65. The zero-order chi connectivity index (χ0) is 10.7. The van der Waals surface area contributed by atoms with Gasteiger partial charge in [0.15, 0.2) is 0 Å².